The molecule has 3 rings (SSSR count). The predicted octanol–water partition coefficient (Wildman–Crippen LogP) is 1.35. The number of nitrogens with two attached hydrogens (primary N) is 1. The molecular weight excluding hydrogens is 334 g/mol. The number of ketones is 1. The van der Waals surface area contributed by atoms with Crippen LogP contribution in [-0.2, 0) is 0 Å². The molecule has 2 heterocycles. The maximum Gasteiger partial charge on any atom is 0.321 e. The van der Waals surface area contributed by atoms with Crippen LogP contribution in [0, 0.1) is 0 Å². The zero-order chi connectivity index (χ0) is 16.6. The number of primary amides is 1. The average Bonchev–Trinajstić information content (AvgIpc) is 2.53. The molecule has 24 heavy (non-hydrogen) atoms. The molecule has 0 atom stereocenters. The van der Waals surface area contributed by atoms with Gasteiger partial charge in [0.2, 0.25) is 0 Å². The minimum absolute atomic E-state index is 0. The van der Waals surface area contributed by atoms with E-state index in [9.17, 15) is 14.4 Å². The summed E-state index contributed by atoms with van der Waals surface area (Å²) in [6, 6.07) is 3.81. The van der Waals surface area contributed by atoms with Crippen LogP contribution in [0.4, 0.5) is 4.79 Å². The molecule has 3 amide bonds. The average molecular weight is 354 g/mol. The van der Waals surface area contributed by atoms with Gasteiger partial charge in [-0.3, -0.25) is 14.5 Å². The fourth-order valence-corrected chi connectivity index (χ4v) is 3.08. The van der Waals surface area contributed by atoms with E-state index in [0.717, 1.165) is 30.8 Å². The number of urea groups is 1. The minimum Gasteiger partial charge on any atom is -0.486 e. The quantitative estimate of drug-likeness (QED) is 0.793. The molecule has 1 fully saturated rings. The zero-order valence-corrected chi connectivity index (χ0v) is 14.1. The van der Waals surface area contributed by atoms with E-state index in [4.69, 9.17) is 10.5 Å². The highest BCUT2D eigenvalue weighted by Gasteiger charge is 2.41. The summed E-state index contributed by atoms with van der Waals surface area (Å²) in [5, 5.41) is 3.26. The lowest BCUT2D eigenvalue weighted by Crippen LogP contribution is -2.49. The molecule has 0 saturated carbocycles. The van der Waals surface area contributed by atoms with Crippen molar-refractivity contribution < 1.29 is 19.1 Å². The highest BCUT2D eigenvalue weighted by Crippen LogP contribution is 2.38. The number of ether oxygens (including phenoxy) is 1. The molecule has 1 aromatic rings. The molecule has 1 aromatic carbocycles. The van der Waals surface area contributed by atoms with E-state index < -0.39 is 17.5 Å². The van der Waals surface area contributed by atoms with E-state index in [2.05, 4.69) is 5.32 Å². The van der Waals surface area contributed by atoms with Crippen molar-refractivity contribution >= 4 is 30.1 Å². The van der Waals surface area contributed by atoms with Gasteiger partial charge in [-0.05, 0) is 31.3 Å². The van der Waals surface area contributed by atoms with Crippen molar-refractivity contribution in [3.8, 4) is 5.75 Å². The van der Waals surface area contributed by atoms with Crippen molar-refractivity contribution in [3.63, 3.8) is 0 Å². The number of fused-ring (bicyclic) bond motifs is 1. The predicted molar refractivity (Wildman–Crippen MR) is 89.8 cm³/mol. The first-order chi connectivity index (χ1) is 10.9. The summed E-state index contributed by atoms with van der Waals surface area (Å²) in [7, 11) is 1.30. The number of piperidine rings is 1. The molecular formula is C16H20ClN3O4. The SMILES string of the molecule is CN(C(N)=O)C(=O)c1ccc2c(c1)C(=O)CC1(CCNCC1)O2.Cl. The molecule has 1 spiro atoms. The summed E-state index contributed by atoms with van der Waals surface area (Å²) in [5.74, 6) is -0.0822. The van der Waals surface area contributed by atoms with Crippen LogP contribution in [0.1, 0.15) is 40.0 Å². The Bertz CT molecular complexity index is 686. The number of nitrogens with one attached hydrogen (secondary N) is 1. The fraction of sp³-hybridized carbons (Fsp3) is 0.438. The van der Waals surface area contributed by atoms with Gasteiger partial charge in [-0.2, -0.15) is 0 Å². The van der Waals surface area contributed by atoms with Gasteiger partial charge in [0.05, 0.1) is 12.0 Å². The number of nitrogens with zero attached hydrogens (tertiary/aromatic N) is 1. The van der Waals surface area contributed by atoms with Crippen LogP contribution >= 0.6 is 12.4 Å². The number of benzene rings is 1. The lowest BCUT2D eigenvalue weighted by Gasteiger charge is -2.40. The van der Waals surface area contributed by atoms with Crippen LogP contribution in [0.5, 0.6) is 5.75 Å². The summed E-state index contributed by atoms with van der Waals surface area (Å²) >= 11 is 0. The third-order valence-electron chi connectivity index (χ3n) is 4.49. The first kappa shape index (κ1) is 18.2. The summed E-state index contributed by atoms with van der Waals surface area (Å²) in [5.41, 5.74) is 5.29. The maximum atomic E-state index is 12.5. The van der Waals surface area contributed by atoms with E-state index in [1.807, 2.05) is 0 Å². The Labute approximate surface area is 145 Å². The van der Waals surface area contributed by atoms with Gasteiger partial charge in [0.15, 0.2) is 5.78 Å². The first-order valence-corrected chi connectivity index (χ1v) is 7.56. The van der Waals surface area contributed by atoms with Crippen molar-refractivity contribution in [3.05, 3.63) is 29.3 Å². The Kier molecular flexibility index (Phi) is 5.15. The number of carbonyl (C=O) groups is 3. The number of amides is 3. The molecule has 0 unspecified atom stereocenters. The Morgan fingerprint density at radius 2 is 1.96 bits per heavy atom. The van der Waals surface area contributed by atoms with E-state index in [1.165, 1.54) is 13.1 Å². The molecule has 3 N–H and O–H groups in total. The number of hydrogen-bond acceptors (Lipinski definition) is 5. The van der Waals surface area contributed by atoms with Crippen LogP contribution in [0.15, 0.2) is 18.2 Å². The molecule has 2 aliphatic rings. The number of imide groups is 1. The van der Waals surface area contributed by atoms with Gasteiger partial charge >= 0.3 is 6.03 Å². The highest BCUT2D eigenvalue weighted by atomic mass is 35.5. The van der Waals surface area contributed by atoms with Gasteiger partial charge in [-0.1, -0.05) is 0 Å². The molecule has 8 heteroatoms. The molecule has 0 radical (unpaired) electrons. The van der Waals surface area contributed by atoms with Gasteiger partial charge in [-0.15, -0.1) is 12.4 Å². The monoisotopic (exact) mass is 353 g/mol. The molecule has 7 nitrogen and oxygen atoms in total. The summed E-state index contributed by atoms with van der Waals surface area (Å²) in [4.78, 5) is 36.6. The molecule has 0 bridgehead atoms. The van der Waals surface area contributed by atoms with Crippen molar-refractivity contribution in [2.75, 3.05) is 20.1 Å². The normalized spacial score (nSPS) is 18.1. The van der Waals surface area contributed by atoms with Gasteiger partial charge in [-0.25, -0.2) is 4.79 Å². The summed E-state index contributed by atoms with van der Waals surface area (Å²) in [6.45, 7) is 1.64. The van der Waals surface area contributed by atoms with Gasteiger partial charge in [0, 0.05) is 25.5 Å². The number of Topliss-reactive ketones (excluding diaryl/α,β-unsaturated/α-hetero) is 1. The van der Waals surface area contributed by atoms with Crippen molar-refractivity contribution in [2.24, 2.45) is 5.73 Å². The van der Waals surface area contributed by atoms with Crippen LogP contribution in [0.2, 0.25) is 0 Å². The molecule has 2 aliphatic heterocycles. The summed E-state index contributed by atoms with van der Waals surface area (Å²) < 4.78 is 6.10. The summed E-state index contributed by atoms with van der Waals surface area (Å²) in [6.07, 6.45) is 1.87. The van der Waals surface area contributed by atoms with Gasteiger partial charge < -0.3 is 15.8 Å². The van der Waals surface area contributed by atoms with Crippen LogP contribution in [0.3, 0.4) is 0 Å². The largest absolute Gasteiger partial charge is 0.486 e. The minimum atomic E-state index is -0.844. The number of carbonyl (C=O) groups excluding carboxylic acids is 3. The van der Waals surface area contributed by atoms with Crippen LogP contribution in [0.25, 0.3) is 0 Å². The second-order valence-electron chi connectivity index (χ2n) is 6.05. The second kappa shape index (κ2) is 6.78. The lowest BCUT2D eigenvalue weighted by molar-refractivity contribution is 0.0187. The van der Waals surface area contributed by atoms with E-state index >= 15 is 0 Å². The van der Waals surface area contributed by atoms with Crippen LogP contribution in [-0.4, -0.2) is 48.4 Å². The number of hydrogen-bond donors (Lipinski definition) is 2. The topological polar surface area (TPSA) is 102 Å². The maximum absolute atomic E-state index is 12.5. The van der Waals surface area contributed by atoms with Crippen LogP contribution < -0.4 is 15.8 Å². The lowest BCUT2D eigenvalue weighted by atomic mass is 9.82. The van der Waals surface area contributed by atoms with Gasteiger partial charge in [0.25, 0.3) is 5.91 Å². The number of rotatable bonds is 1. The van der Waals surface area contributed by atoms with Crippen molar-refractivity contribution in [1.82, 2.24) is 10.2 Å². The third kappa shape index (κ3) is 3.22. The van der Waals surface area contributed by atoms with E-state index in [-0.39, 0.29) is 23.8 Å². The van der Waals surface area contributed by atoms with E-state index in [1.54, 1.807) is 12.1 Å². The third-order valence-corrected chi connectivity index (χ3v) is 4.49. The van der Waals surface area contributed by atoms with E-state index in [0.29, 0.717) is 17.7 Å². The Hall–Kier alpha value is -2.12. The molecule has 130 valence electrons. The van der Waals surface area contributed by atoms with Crippen molar-refractivity contribution in [1.29, 1.82) is 0 Å². The molecule has 0 aromatic heterocycles. The molecule has 0 aliphatic carbocycles. The smallest absolute Gasteiger partial charge is 0.321 e. The first-order valence-electron chi connectivity index (χ1n) is 7.56. The molecule has 1 saturated heterocycles. The Morgan fingerprint density at radius 3 is 2.58 bits per heavy atom. The standard InChI is InChI=1S/C16H19N3O4.ClH/c1-19(15(17)22)14(21)10-2-3-13-11(8-10)12(20)9-16(23-13)4-6-18-7-5-16;/h2-3,8,18H,4-7,9H2,1H3,(H2,17,22);1H. The zero-order valence-electron chi connectivity index (χ0n) is 13.3. The second-order valence-corrected chi connectivity index (χ2v) is 6.05. The highest BCUT2D eigenvalue weighted by molar-refractivity contribution is 6.07. The fourth-order valence-electron chi connectivity index (χ4n) is 3.08. The Morgan fingerprint density at radius 1 is 1.29 bits per heavy atom. The van der Waals surface area contributed by atoms with Crippen molar-refractivity contribution in [2.45, 2.75) is 24.9 Å². The van der Waals surface area contributed by atoms with Gasteiger partial charge in [0.1, 0.15) is 11.4 Å². The Balaban J connectivity index is 0.00000208. The number of halogens is 1.